The van der Waals surface area contributed by atoms with E-state index in [1.165, 1.54) is 7.11 Å². The first kappa shape index (κ1) is 16.6. The highest BCUT2D eigenvalue weighted by molar-refractivity contribution is 5.87. The van der Waals surface area contributed by atoms with Crippen LogP contribution >= 0.6 is 0 Å². The zero-order chi connectivity index (χ0) is 19.1. The fourth-order valence-corrected chi connectivity index (χ4v) is 3.93. The molecule has 0 radical (unpaired) electrons. The topological polar surface area (TPSA) is 69.9 Å². The third-order valence-electron chi connectivity index (χ3n) is 5.28. The summed E-state index contributed by atoms with van der Waals surface area (Å²) in [5.41, 5.74) is 5.93. The average molecular weight is 370 g/mol. The van der Waals surface area contributed by atoms with Crippen LogP contribution in [0, 0.1) is 0 Å². The highest BCUT2D eigenvalue weighted by atomic mass is 16.5. The molecule has 28 heavy (non-hydrogen) atoms. The number of ether oxygens (including phenoxy) is 1. The fourth-order valence-electron chi connectivity index (χ4n) is 3.93. The Labute approximate surface area is 161 Å². The average Bonchev–Trinajstić information content (AvgIpc) is 3.30. The summed E-state index contributed by atoms with van der Waals surface area (Å²) in [4.78, 5) is 16.2. The quantitative estimate of drug-likeness (QED) is 0.508. The van der Waals surface area contributed by atoms with Crippen LogP contribution < -0.4 is 0 Å². The summed E-state index contributed by atoms with van der Waals surface area (Å²) < 4.78 is 6.74. The monoisotopic (exact) mass is 370 g/mol. The van der Waals surface area contributed by atoms with Crippen molar-refractivity contribution in [3.63, 3.8) is 0 Å². The van der Waals surface area contributed by atoms with Crippen LogP contribution in [-0.4, -0.2) is 33.1 Å². The summed E-state index contributed by atoms with van der Waals surface area (Å²) in [6.07, 6.45) is 2.80. The van der Waals surface area contributed by atoms with E-state index in [1.54, 1.807) is 0 Å². The van der Waals surface area contributed by atoms with E-state index in [2.05, 4.69) is 33.5 Å². The lowest BCUT2D eigenvalue weighted by Gasteiger charge is -2.12. The van der Waals surface area contributed by atoms with E-state index in [0.29, 0.717) is 12.8 Å². The predicted molar refractivity (Wildman–Crippen MR) is 106 cm³/mol. The second-order valence-electron chi connectivity index (χ2n) is 6.87. The minimum atomic E-state index is -0.218. The van der Waals surface area contributed by atoms with Crippen molar-refractivity contribution in [1.82, 2.24) is 20.0 Å². The predicted octanol–water partition coefficient (Wildman–Crippen LogP) is 4.02. The number of methoxy groups -OCH3 is 1. The van der Waals surface area contributed by atoms with Gasteiger partial charge >= 0.3 is 5.97 Å². The molecule has 6 heteroatoms. The largest absolute Gasteiger partial charge is 0.469 e. The van der Waals surface area contributed by atoms with Crippen molar-refractivity contribution in [1.29, 1.82) is 0 Å². The number of esters is 1. The van der Waals surface area contributed by atoms with Crippen molar-refractivity contribution in [2.75, 3.05) is 7.11 Å². The first-order valence-electron chi connectivity index (χ1n) is 9.22. The second kappa shape index (κ2) is 6.56. The molecular formula is C22H18N4O2. The molecule has 3 heterocycles. The summed E-state index contributed by atoms with van der Waals surface area (Å²) in [7, 11) is 1.41. The molecule has 1 unspecified atom stereocenters. The molecule has 0 N–H and O–H groups in total. The van der Waals surface area contributed by atoms with Crippen molar-refractivity contribution in [3.8, 4) is 22.5 Å². The number of aromatic nitrogens is 4. The molecule has 4 aromatic rings. The zero-order valence-corrected chi connectivity index (χ0v) is 15.4. The van der Waals surface area contributed by atoms with Gasteiger partial charge in [-0.2, -0.15) is 0 Å². The number of hydrogen-bond donors (Lipinski definition) is 0. The van der Waals surface area contributed by atoms with Crippen LogP contribution in [0.4, 0.5) is 0 Å². The summed E-state index contributed by atoms with van der Waals surface area (Å²) in [6, 6.07) is 18.3. The Morgan fingerprint density at radius 3 is 2.86 bits per heavy atom. The summed E-state index contributed by atoms with van der Waals surface area (Å²) >= 11 is 0. The van der Waals surface area contributed by atoms with Crippen molar-refractivity contribution >= 4 is 16.9 Å². The molecule has 6 nitrogen and oxygen atoms in total. The van der Waals surface area contributed by atoms with Gasteiger partial charge in [0.05, 0.1) is 24.4 Å². The van der Waals surface area contributed by atoms with Gasteiger partial charge in [0.25, 0.3) is 0 Å². The lowest BCUT2D eigenvalue weighted by molar-refractivity contribution is -0.140. The van der Waals surface area contributed by atoms with Crippen LogP contribution in [0.5, 0.6) is 0 Å². The number of benzene rings is 2. The third kappa shape index (κ3) is 2.57. The summed E-state index contributed by atoms with van der Waals surface area (Å²) in [5, 5.41) is 9.97. The van der Waals surface area contributed by atoms with Crippen molar-refractivity contribution in [2.24, 2.45) is 0 Å². The lowest BCUT2D eigenvalue weighted by atomic mass is 9.98. The van der Waals surface area contributed by atoms with Gasteiger partial charge in [-0.25, -0.2) is 4.68 Å². The number of pyridine rings is 1. The van der Waals surface area contributed by atoms with Crippen LogP contribution in [0.25, 0.3) is 33.4 Å². The SMILES string of the molecule is COC(=O)CCC1c2ccccc2-c2c(-c3cnc4ccccc4c3)nnn21. The van der Waals surface area contributed by atoms with Gasteiger partial charge in [-0.1, -0.05) is 47.7 Å². The Morgan fingerprint density at radius 1 is 1.14 bits per heavy atom. The molecule has 1 aliphatic heterocycles. The van der Waals surface area contributed by atoms with Gasteiger partial charge in [0.2, 0.25) is 0 Å². The molecule has 0 bridgehead atoms. The maximum atomic E-state index is 11.7. The fraction of sp³-hybridized carbons (Fsp3) is 0.182. The third-order valence-corrected chi connectivity index (χ3v) is 5.28. The highest BCUT2D eigenvalue weighted by Gasteiger charge is 2.33. The van der Waals surface area contributed by atoms with E-state index < -0.39 is 0 Å². The molecule has 0 aliphatic carbocycles. The smallest absolute Gasteiger partial charge is 0.305 e. The molecule has 0 saturated carbocycles. The van der Waals surface area contributed by atoms with Crippen LogP contribution in [0.3, 0.4) is 0 Å². The normalized spacial score (nSPS) is 14.7. The zero-order valence-electron chi connectivity index (χ0n) is 15.4. The highest BCUT2D eigenvalue weighted by Crippen LogP contribution is 2.44. The van der Waals surface area contributed by atoms with Crippen LogP contribution in [0.2, 0.25) is 0 Å². The Hall–Kier alpha value is -3.54. The number of hydrogen-bond acceptors (Lipinski definition) is 5. The first-order valence-corrected chi connectivity index (χ1v) is 9.22. The van der Waals surface area contributed by atoms with Gasteiger partial charge < -0.3 is 4.74 Å². The summed E-state index contributed by atoms with van der Waals surface area (Å²) in [5.74, 6) is -0.218. The van der Waals surface area contributed by atoms with Gasteiger partial charge in [-0.05, 0) is 24.1 Å². The Bertz CT molecular complexity index is 1200. The van der Waals surface area contributed by atoms with E-state index in [9.17, 15) is 4.79 Å². The molecule has 0 amide bonds. The molecule has 2 aromatic heterocycles. The first-order chi connectivity index (χ1) is 13.8. The molecule has 1 atom stereocenters. The molecule has 138 valence electrons. The number of carbonyl (C=O) groups is 1. The van der Waals surface area contributed by atoms with Gasteiger partial charge in [0.1, 0.15) is 5.69 Å². The van der Waals surface area contributed by atoms with E-state index in [-0.39, 0.29) is 12.0 Å². The van der Waals surface area contributed by atoms with Gasteiger partial charge in [0.15, 0.2) is 0 Å². The van der Waals surface area contributed by atoms with Gasteiger partial charge in [-0.3, -0.25) is 9.78 Å². The maximum Gasteiger partial charge on any atom is 0.305 e. The second-order valence-corrected chi connectivity index (χ2v) is 6.87. The van der Waals surface area contributed by atoms with E-state index in [0.717, 1.165) is 39.0 Å². The maximum absolute atomic E-state index is 11.7. The molecule has 0 saturated heterocycles. The van der Waals surface area contributed by atoms with Crippen molar-refractivity contribution < 1.29 is 9.53 Å². The number of rotatable bonds is 4. The standard InChI is InChI=1S/C22H18N4O2/c1-28-20(27)11-10-19-16-7-3-4-8-17(16)22-21(24-25-26(19)22)15-12-14-6-2-5-9-18(14)23-13-15/h2-9,12-13,19H,10-11H2,1H3. The Kier molecular flexibility index (Phi) is 3.90. The Morgan fingerprint density at radius 2 is 1.96 bits per heavy atom. The van der Waals surface area contributed by atoms with Crippen LogP contribution in [0.1, 0.15) is 24.4 Å². The van der Waals surface area contributed by atoms with E-state index in [4.69, 9.17) is 4.74 Å². The molecular weight excluding hydrogens is 352 g/mol. The van der Waals surface area contributed by atoms with Gasteiger partial charge in [0, 0.05) is 29.1 Å². The minimum absolute atomic E-state index is 0.0278. The molecule has 0 fully saturated rings. The molecule has 0 spiro atoms. The van der Waals surface area contributed by atoms with Crippen LogP contribution in [-0.2, 0) is 9.53 Å². The number of nitrogens with zero attached hydrogens (tertiary/aromatic N) is 4. The minimum Gasteiger partial charge on any atom is -0.469 e. The molecule has 2 aromatic carbocycles. The Balaban J connectivity index is 1.62. The van der Waals surface area contributed by atoms with Crippen molar-refractivity contribution in [3.05, 3.63) is 66.4 Å². The van der Waals surface area contributed by atoms with Crippen LogP contribution in [0.15, 0.2) is 60.8 Å². The van der Waals surface area contributed by atoms with E-state index >= 15 is 0 Å². The van der Waals surface area contributed by atoms with Gasteiger partial charge in [-0.15, -0.1) is 5.10 Å². The molecule has 1 aliphatic rings. The lowest BCUT2D eigenvalue weighted by Crippen LogP contribution is -2.11. The van der Waals surface area contributed by atoms with Crippen molar-refractivity contribution in [2.45, 2.75) is 18.9 Å². The summed E-state index contributed by atoms with van der Waals surface area (Å²) in [6.45, 7) is 0. The number of carbonyl (C=O) groups excluding carboxylic acids is 1. The number of fused-ring (bicyclic) bond motifs is 4. The number of para-hydroxylation sites is 1. The molecule has 5 rings (SSSR count). The van der Waals surface area contributed by atoms with E-state index in [1.807, 2.05) is 47.3 Å².